The molecule has 0 spiro atoms. The van der Waals surface area contributed by atoms with Crippen LogP contribution in [0.2, 0.25) is 0 Å². The van der Waals surface area contributed by atoms with Crippen LogP contribution in [0.1, 0.15) is 29.1 Å². The number of ether oxygens (including phenoxy) is 3. The molecule has 2 aromatic rings. The molecule has 0 saturated carbocycles. The van der Waals surface area contributed by atoms with E-state index in [9.17, 15) is 9.59 Å². The number of esters is 2. The molecule has 1 aromatic carbocycles. The monoisotopic (exact) mass is 346 g/mol. The van der Waals surface area contributed by atoms with Gasteiger partial charge in [0.1, 0.15) is 6.10 Å². The van der Waals surface area contributed by atoms with Gasteiger partial charge >= 0.3 is 11.9 Å². The number of carbonyl (C=O) groups is 2. The fraction of sp³-hybridized carbons (Fsp3) is 0.333. The van der Waals surface area contributed by atoms with Gasteiger partial charge in [-0.1, -0.05) is 36.4 Å². The summed E-state index contributed by atoms with van der Waals surface area (Å²) in [5.74, 6) is -1.27. The topological polar surface area (TPSA) is 61.8 Å². The fourth-order valence-corrected chi connectivity index (χ4v) is 3.95. The van der Waals surface area contributed by atoms with Crippen LogP contribution in [0.5, 0.6) is 0 Å². The molecule has 2 heterocycles. The number of rotatable bonds is 4. The van der Waals surface area contributed by atoms with Crippen LogP contribution in [-0.4, -0.2) is 26.2 Å². The van der Waals surface area contributed by atoms with Crippen LogP contribution >= 0.6 is 11.3 Å². The summed E-state index contributed by atoms with van der Waals surface area (Å²) in [7, 11) is 2.54. The van der Waals surface area contributed by atoms with Gasteiger partial charge in [0.05, 0.1) is 20.3 Å². The van der Waals surface area contributed by atoms with Crippen LogP contribution in [0.3, 0.4) is 0 Å². The highest BCUT2D eigenvalue weighted by Gasteiger charge is 2.62. The summed E-state index contributed by atoms with van der Waals surface area (Å²) in [6.45, 7) is 0. The zero-order valence-corrected chi connectivity index (χ0v) is 14.2. The summed E-state index contributed by atoms with van der Waals surface area (Å²) < 4.78 is 16.1. The second-order valence-electron chi connectivity index (χ2n) is 5.59. The van der Waals surface area contributed by atoms with E-state index in [-0.39, 0.29) is 12.5 Å². The Hall–Kier alpha value is -2.18. The number of benzene rings is 1. The highest BCUT2D eigenvalue weighted by Crippen LogP contribution is 2.55. The number of thiophene rings is 1. The van der Waals surface area contributed by atoms with Crippen LogP contribution in [0.4, 0.5) is 0 Å². The molecule has 1 aliphatic heterocycles. The minimum atomic E-state index is -1.51. The quantitative estimate of drug-likeness (QED) is 0.628. The Bertz CT molecular complexity index is 694. The van der Waals surface area contributed by atoms with Crippen molar-refractivity contribution in [1.82, 2.24) is 0 Å². The van der Waals surface area contributed by atoms with Crippen LogP contribution < -0.4 is 0 Å². The molecule has 1 aliphatic rings. The largest absolute Gasteiger partial charge is 0.468 e. The molecule has 0 unspecified atom stereocenters. The van der Waals surface area contributed by atoms with E-state index in [2.05, 4.69) is 0 Å². The summed E-state index contributed by atoms with van der Waals surface area (Å²) in [5, 5.41) is 1.94. The molecule has 6 heteroatoms. The predicted octanol–water partition coefficient (Wildman–Crippen LogP) is 3.28. The van der Waals surface area contributed by atoms with Gasteiger partial charge < -0.3 is 14.2 Å². The molecule has 24 heavy (non-hydrogen) atoms. The lowest BCUT2D eigenvalue weighted by atomic mass is 9.76. The highest BCUT2D eigenvalue weighted by atomic mass is 32.1. The number of methoxy groups -OCH3 is 2. The minimum absolute atomic E-state index is 0.187. The van der Waals surface area contributed by atoms with Crippen LogP contribution in [0.15, 0.2) is 47.8 Å². The third-order valence-electron chi connectivity index (χ3n) is 4.32. The minimum Gasteiger partial charge on any atom is -0.468 e. The van der Waals surface area contributed by atoms with E-state index in [1.807, 2.05) is 47.8 Å². The number of hydrogen-bond donors (Lipinski definition) is 0. The number of hydrogen-bond acceptors (Lipinski definition) is 6. The van der Waals surface area contributed by atoms with Gasteiger partial charge in [-0.25, -0.2) is 0 Å². The van der Waals surface area contributed by atoms with Gasteiger partial charge in [-0.2, -0.15) is 0 Å². The van der Waals surface area contributed by atoms with Crippen molar-refractivity contribution in [3.05, 3.63) is 58.3 Å². The van der Waals surface area contributed by atoms with Crippen molar-refractivity contribution in [1.29, 1.82) is 0 Å². The van der Waals surface area contributed by atoms with Crippen molar-refractivity contribution in [2.75, 3.05) is 14.2 Å². The van der Waals surface area contributed by atoms with Crippen molar-refractivity contribution in [3.63, 3.8) is 0 Å². The Morgan fingerprint density at radius 1 is 1.08 bits per heavy atom. The highest BCUT2D eigenvalue weighted by molar-refractivity contribution is 7.10. The summed E-state index contributed by atoms with van der Waals surface area (Å²) in [6.07, 6.45) is -0.939. The molecule has 126 valence electrons. The Morgan fingerprint density at radius 3 is 2.29 bits per heavy atom. The Balaban J connectivity index is 2.10. The first-order chi connectivity index (χ1) is 11.6. The molecule has 1 fully saturated rings. The fourth-order valence-electron chi connectivity index (χ4n) is 3.19. The SMILES string of the molecule is COC(=O)C1(C(=O)OC)C[C@@H](c2cccs2)O[C@H]1c1ccccc1. The third kappa shape index (κ3) is 2.61. The van der Waals surface area contributed by atoms with Crippen molar-refractivity contribution in [3.8, 4) is 0 Å². The maximum atomic E-state index is 12.6. The van der Waals surface area contributed by atoms with Crippen LogP contribution in [0.25, 0.3) is 0 Å². The summed E-state index contributed by atoms with van der Waals surface area (Å²) in [5.41, 5.74) is -0.771. The van der Waals surface area contributed by atoms with E-state index < -0.39 is 23.5 Å². The normalized spacial score (nSPS) is 22.1. The molecule has 0 amide bonds. The van der Waals surface area contributed by atoms with E-state index in [1.54, 1.807) is 0 Å². The molecule has 2 atom stereocenters. The zero-order chi connectivity index (χ0) is 17.2. The molecule has 0 aliphatic carbocycles. The van der Waals surface area contributed by atoms with Gasteiger partial charge in [0, 0.05) is 11.3 Å². The van der Waals surface area contributed by atoms with Crippen molar-refractivity contribution >= 4 is 23.3 Å². The summed E-state index contributed by atoms with van der Waals surface area (Å²) >= 11 is 1.53. The predicted molar refractivity (Wildman–Crippen MR) is 88.4 cm³/mol. The molecular formula is C18H18O5S. The lowest BCUT2D eigenvalue weighted by Gasteiger charge is -2.28. The molecule has 0 bridgehead atoms. The van der Waals surface area contributed by atoms with Gasteiger partial charge in [-0.15, -0.1) is 11.3 Å². The van der Waals surface area contributed by atoms with Crippen molar-refractivity contribution in [2.45, 2.75) is 18.6 Å². The maximum absolute atomic E-state index is 12.6. The molecule has 1 saturated heterocycles. The summed E-state index contributed by atoms with van der Waals surface area (Å²) in [6, 6.07) is 13.1. The molecular weight excluding hydrogens is 328 g/mol. The van der Waals surface area contributed by atoms with Gasteiger partial charge in [0.25, 0.3) is 0 Å². The zero-order valence-electron chi connectivity index (χ0n) is 13.4. The first-order valence-corrected chi connectivity index (χ1v) is 8.42. The molecule has 0 N–H and O–H groups in total. The standard InChI is InChI=1S/C18H18O5S/c1-21-16(19)18(17(20)22-2)11-13(14-9-6-10-24-14)23-15(18)12-7-4-3-5-8-12/h3-10,13,15H,11H2,1-2H3/t13-,15-/m0/s1. The second kappa shape index (κ2) is 6.75. The molecule has 5 nitrogen and oxygen atoms in total. The lowest BCUT2D eigenvalue weighted by Crippen LogP contribution is -2.43. The smallest absolute Gasteiger partial charge is 0.326 e. The van der Waals surface area contributed by atoms with Crippen molar-refractivity contribution in [2.24, 2.45) is 5.41 Å². The van der Waals surface area contributed by atoms with E-state index in [0.29, 0.717) is 0 Å². The average molecular weight is 346 g/mol. The average Bonchev–Trinajstić information content (AvgIpc) is 3.29. The van der Waals surface area contributed by atoms with Gasteiger partial charge in [-0.3, -0.25) is 9.59 Å². The van der Waals surface area contributed by atoms with E-state index in [4.69, 9.17) is 14.2 Å². The van der Waals surface area contributed by atoms with E-state index in [1.165, 1.54) is 25.6 Å². The first kappa shape index (κ1) is 16.7. The van der Waals surface area contributed by atoms with E-state index in [0.717, 1.165) is 10.4 Å². The van der Waals surface area contributed by atoms with Crippen LogP contribution in [-0.2, 0) is 23.8 Å². The van der Waals surface area contributed by atoms with Gasteiger partial charge in [-0.05, 0) is 17.0 Å². The Morgan fingerprint density at radius 2 is 1.75 bits per heavy atom. The van der Waals surface area contributed by atoms with Crippen molar-refractivity contribution < 1.29 is 23.8 Å². The van der Waals surface area contributed by atoms with E-state index >= 15 is 0 Å². The number of carbonyl (C=O) groups excluding carboxylic acids is 2. The molecule has 1 aromatic heterocycles. The first-order valence-electron chi connectivity index (χ1n) is 7.54. The molecule has 0 radical (unpaired) electrons. The molecule has 3 rings (SSSR count). The van der Waals surface area contributed by atoms with Gasteiger partial charge in [0.15, 0.2) is 5.41 Å². The second-order valence-corrected chi connectivity index (χ2v) is 6.57. The maximum Gasteiger partial charge on any atom is 0.326 e. The van der Waals surface area contributed by atoms with Gasteiger partial charge in [0.2, 0.25) is 0 Å². The Labute approximate surface area is 144 Å². The third-order valence-corrected chi connectivity index (χ3v) is 5.28. The Kier molecular flexibility index (Phi) is 4.69. The van der Waals surface area contributed by atoms with Crippen LogP contribution in [0, 0.1) is 5.41 Å². The lowest BCUT2D eigenvalue weighted by molar-refractivity contribution is -0.173. The summed E-state index contributed by atoms with van der Waals surface area (Å²) in [4.78, 5) is 26.2.